The van der Waals surface area contributed by atoms with Crippen molar-refractivity contribution in [1.29, 1.82) is 0 Å². The summed E-state index contributed by atoms with van der Waals surface area (Å²) in [6, 6.07) is 0. The fourth-order valence-corrected chi connectivity index (χ4v) is 1.19. The summed E-state index contributed by atoms with van der Waals surface area (Å²) in [4.78, 5) is 22.2. The topological polar surface area (TPSA) is 61.8 Å². The maximum Gasteiger partial charge on any atom is 0.334 e. The Kier molecular flexibility index (Phi) is 8.52. The van der Waals surface area contributed by atoms with Crippen LogP contribution in [0.5, 0.6) is 0 Å². The lowest BCUT2D eigenvalue weighted by atomic mass is 10.1. The first kappa shape index (κ1) is 14.9. The molecule has 1 unspecified atom stereocenters. The maximum atomic E-state index is 11.3. The van der Waals surface area contributed by atoms with Crippen LogP contribution in [0.2, 0.25) is 0 Å². The smallest absolute Gasteiger partial charge is 0.334 e. The van der Waals surface area contributed by atoms with Crippen molar-refractivity contribution in [2.75, 3.05) is 20.8 Å². The lowest BCUT2D eigenvalue weighted by Crippen LogP contribution is -2.26. The molecule has 0 aromatic heterocycles. The SMILES string of the molecule is CCCOC(CCCC(=O)OC)C(=O)OC. The first-order chi connectivity index (χ1) is 7.65. The Morgan fingerprint density at radius 2 is 1.88 bits per heavy atom. The molecule has 0 aromatic rings. The van der Waals surface area contributed by atoms with E-state index in [0.717, 1.165) is 6.42 Å². The van der Waals surface area contributed by atoms with E-state index in [9.17, 15) is 9.59 Å². The van der Waals surface area contributed by atoms with Gasteiger partial charge in [-0.25, -0.2) is 4.79 Å². The molecule has 0 spiro atoms. The molecule has 0 saturated heterocycles. The van der Waals surface area contributed by atoms with E-state index >= 15 is 0 Å². The van der Waals surface area contributed by atoms with Gasteiger partial charge in [0.1, 0.15) is 0 Å². The molecule has 0 bridgehead atoms. The Morgan fingerprint density at radius 3 is 2.38 bits per heavy atom. The number of hydrogen-bond donors (Lipinski definition) is 0. The zero-order valence-electron chi connectivity index (χ0n) is 10.2. The molecule has 0 rings (SSSR count). The fraction of sp³-hybridized carbons (Fsp3) is 0.818. The summed E-state index contributed by atoms with van der Waals surface area (Å²) in [6.45, 7) is 2.47. The second-order valence-electron chi connectivity index (χ2n) is 3.35. The largest absolute Gasteiger partial charge is 0.469 e. The van der Waals surface area contributed by atoms with Crippen LogP contribution >= 0.6 is 0 Å². The Labute approximate surface area is 96.1 Å². The van der Waals surface area contributed by atoms with Gasteiger partial charge in [0.2, 0.25) is 0 Å². The third-order valence-corrected chi connectivity index (χ3v) is 2.06. The molecule has 0 heterocycles. The van der Waals surface area contributed by atoms with Crippen molar-refractivity contribution in [3.63, 3.8) is 0 Å². The van der Waals surface area contributed by atoms with Gasteiger partial charge in [-0.15, -0.1) is 0 Å². The molecule has 0 aliphatic carbocycles. The Hall–Kier alpha value is -1.10. The van der Waals surface area contributed by atoms with E-state index in [2.05, 4.69) is 9.47 Å². The van der Waals surface area contributed by atoms with Crippen LogP contribution in [0, 0.1) is 0 Å². The average molecular weight is 232 g/mol. The van der Waals surface area contributed by atoms with Crippen molar-refractivity contribution in [2.24, 2.45) is 0 Å². The minimum absolute atomic E-state index is 0.279. The lowest BCUT2D eigenvalue weighted by molar-refractivity contribution is -0.155. The van der Waals surface area contributed by atoms with E-state index in [-0.39, 0.29) is 5.97 Å². The highest BCUT2D eigenvalue weighted by molar-refractivity contribution is 5.74. The zero-order valence-corrected chi connectivity index (χ0v) is 10.2. The van der Waals surface area contributed by atoms with E-state index in [1.165, 1.54) is 14.2 Å². The lowest BCUT2D eigenvalue weighted by Gasteiger charge is -2.14. The van der Waals surface area contributed by atoms with Gasteiger partial charge in [-0.05, 0) is 19.3 Å². The molecular formula is C11H20O5. The molecule has 16 heavy (non-hydrogen) atoms. The van der Waals surface area contributed by atoms with Crippen molar-refractivity contribution >= 4 is 11.9 Å². The van der Waals surface area contributed by atoms with Crippen molar-refractivity contribution in [1.82, 2.24) is 0 Å². The van der Waals surface area contributed by atoms with E-state index in [4.69, 9.17) is 4.74 Å². The number of esters is 2. The van der Waals surface area contributed by atoms with Gasteiger partial charge < -0.3 is 14.2 Å². The summed E-state index contributed by atoms with van der Waals surface area (Å²) in [5, 5.41) is 0. The highest BCUT2D eigenvalue weighted by atomic mass is 16.6. The van der Waals surface area contributed by atoms with Crippen molar-refractivity contribution in [3.8, 4) is 0 Å². The molecule has 0 aliphatic heterocycles. The zero-order chi connectivity index (χ0) is 12.4. The van der Waals surface area contributed by atoms with Crippen LogP contribution in [0.15, 0.2) is 0 Å². The number of hydrogen-bond acceptors (Lipinski definition) is 5. The highest BCUT2D eigenvalue weighted by Gasteiger charge is 2.19. The highest BCUT2D eigenvalue weighted by Crippen LogP contribution is 2.08. The normalized spacial score (nSPS) is 11.9. The Bertz CT molecular complexity index is 214. The maximum absolute atomic E-state index is 11.3. The monoisotopic (exact) mass is 232 g/mol. The number of rotatable bonds is 8. The molecule has 0 saturated carbocycles. The summed E-state index contributed by atoms with van der Waals surface area (Å²) in [6.07, 6.45) is 1.58. The standard InChI is InChI=1S/C11H20O5/c1-4-8-16-9(11(13)15-3)6-5-7-10(12)14-2/h9H,4-8H2,1-3H3. The molecule has 1 atom stereocenters. The molecule has 0 aliphatic rings. The van der Waals surface area contributed by atoms with Gasteiger partial charge in [-0.1, -0.05) is 6.92 Å². The van der Waals surface area contributed by atoms with Crippen LogP contribution in [0.4, 0.5) is 0 Å². The predicted octanol–water partition coefficient (Wildman–Crippen LogP) is 1.30. The summed E-state index contributed by atoms with van der Waals surface area (Å²) in [5.74, 6) is -0.669. The van der Waals surface area contributed by atoms with E-state index < -0.39 is 12.1 Å². The molecule has 0 N–H and O–H groups in total. The summed E-state index contributed by atoms with van der Waals surface area (Å²) < 4.78 is 14.4. The van der Waals surface area contributed by atoms with E-state index in [1.54, 1.807) is 0 Å². The van der Waals surface area contributed by atoms with Crippen molar-refractivity contribution in [2.45, 2.75) is 38.7 Å². The number of carbonyl (C=O) groups is 2. The Morgan fingerprint density at radius 1 is 1.19 bits per heavy atom. The Balaban J connectivity index is 3.91. The summed E-state index contributed by atoms with van der Waals surface area (Å²) >= 11 is 0. The molecule has 0 radical (unpaired) electrons. The molecular weight excluding hydrogens is 212 g/mol. The first-order valence-electron chi connectivity index (χ1n) is 5.41. The van der Waals surface area contributed by atoms with Gasteiger partial charge in [-0.3, -0.25) is 4.79 Å². The van der Waals surface area contributed by atoms with Crippen LogP contribution < -0.4 is 0 Å². The summed E-state index contributed by atoms with van der Waals surface area (Å²) in [5.41, 5.74) is 0. The minimum Gasteiger partial charge on any atom is -0.469 e. The molecule has 5 heteroatoms. The first-order valence-corrected chi connectivity index (χ1v) is 5.41. The van der Waals surface area contributed by atoms with Crippen LogP contribution in [-0.4, -0.2) is 38.9 Å². The molecule has 5 nitrogen and oxygen atoms in total. The molecule has 0 aromatic carbocycles. The average Bonchev–Trinajstić information content (AvgIpc) is 2.32. The van der Waals surface area contributed by atoms with Crippen LogP contribution in [-0.2, 0) is 23.8 Å². The van der Waals surface area contributed by atoms with Crippen LogP contribution in [0.25, 0.3) is 0 Å². The van der Waals surface area contributed by atoms with Gasteiger partial charge >= 0.3 is 11.9 Å². The van der Waals surface area contributed by atoms with Gasteiger partial charge in [0, 0.05) is 13.0 Å². The molecule has 0 amide bonds. The third kappa shape index (κ3) is 6.40. The molecule has 0 fully saturated rings. The second kappa shape index (κ2) is 9.15. The van der Waals surface area contributed by atoms with Gasteiger partial charge in [0.05, 0.1) is 14.2 Å². The second-order valence-corrected chi connectivity index (χ2v) is 3.35. The van der Waals surface area contributed by atoms with Crippen LogP contribution in [0.3, 0.4) is 0 Å². The third-order valence-electron chi connectivity index (χ3n) is 2.06. The summed E-state index contributed by atoms with van der Waals surface area (Å²) in [7, 11) is 2.67. The number of methoxy groups -OCH3 is 2. The number of carbonyl (C=O) groups excluding carboxylic acids is 2. The number of ether oxygens (including phenoxy) is 3. The van der Waals surface area contributed by atoms with Crippen LogP contribution in [0.1, 0.15) is 32.6 Å². The quantitative estimate of drug-likeness (QED) is 0.590. The van der Waals surface area contributed by atoms with E-state index in [0.29, 0.717) is 25.9 Å². The van der Waals surface area contributed by atoms with E-state index in [1.807, 2.05) is 6.92 Å². The molecule has 94 valence electrons. The van der Waals surface area contributed by atoms with Gasteiger partial charge in [-0.2, -0.15) is 0 Å². The van der Waals surface area contributed by atoms with Crippen molar-refractivity contribution in [3.05, 3.63) is 0 Å². The van der Waals surface area contributed by atoms with Crippen molar-refractivity contribution < 1.29 is 23.8 Å². The minimum atomic E-state index is -0.574. The fourth-order valence-electron chi connectivity index (χ4n) is 1.19. The predicted molar refractivity (Wildman–Crippen MR) is 57.9 cm³/mol. The van der Waals surface area contributed by atoms with Gasteiger partial charge in [0.25, 0.3) is 0 Å². The van der Waals surface area contributed by atoms with Gasteiger partial charge in [0.15, 0.2) is 6.10 Å².